The second-order valence-corrected chi connectivity index (χ2v) is 5.21. The van der Waals surface area contributed by atoms with E-state index in [0.717, 1.165) is 9.13 Å². The zero-order chi connectivity index (χ0) is 13.8. The Labute approximate surface area is 124 Å². The summed E-state index contributed by atoms with van der Waals surface area (Å²) in [4.78, 5) is 10.9. The minimum atomic E-state index is -1.06. The highest BCUT2D eigenvalue weighted by molar-refractivity contribution is 14.1. The smallest absolute Gasteiger partial charge is 0.337 e. The third-order valence-corrected chi connectivity index (χ3v) is 3.29. The van der Waals surface area contributed by atoms with Gasteiger partial charge in [0.2, 0.25) is 0 Å². The van der Waals surface area contributed by atoms with Gasteiger partial charge < -0.3 is 15.6 Å². The van der Waals surface area contributed by atoms with Gasteiger partial charge in [0.15, 0.2) is 0 Å². The molecular formula is C14H12INO3. The number of halogens is 1. The van der Waals surface area contributed by atoms with Crippen molar-refractivity contribution >= 4 is 34.2 Å². The van der Waals surface area contributed by atoms with E-state index in [1.165, 1.54) is 12.1 Å². The van der Waals surface area contributed by atoms with Crippen molar-refractivity contribution in [3.8, 4) is 5.75 Å². The van der Waals surface area contributed by atoms with Crippen molar-refractivity contribution in [2.24, 2.45) is 0 Å². The largest absolute Gasteiger partial charge is 0.489 e. The molecule has 0 atom stereocenters. The average Bonchev–Trinajstić information content (AvgIpc) is 2.39. The number of carboxylic acids is 1. The fraction of sp³-hybridized carbons (Fsp3) is 0.0714. The maximum atomic E-state index is 10.9. The molecule has 0 radical (unpaired) electrons. The van der Waals surface area contributed by atoms with Crippen LogP contribution in [0.2, 0.25) is 0 Å². The summed E-state index contributed by atoms with van der Waals surface area (Å²) in [5, 5.41) is 8.97. The SMILES string of the molecule is Nc1ccc(OCc2ccc(I)cc2)cc1C(=O)O. The van der Waals surface area contributed by atoms with E-state index < -0.39 is 5.97 Å². The molecule has 0 aliphatic heterocycles. The van der Waals surface area contributed by atoms with Crippen LogP contribution in [0.3, 0.4) is 0 Å². The topological polar surface area (TPSA) is 72.5 Å². The fourth-order valence-corrected chi connectivity index (χ4v) is 1.92. The maximum Gasteiger partial charge on any atom is 0.337 e. The quantitative estimate of drug-likeness (QED) is 0.642. The first-order valence-corrected chi connectivity index (χ1v) is 6.64. The number of nitrogens with two attached hydrogens (primary N) is 1. The molecule has 0 amide bonds. The van der Waals surface area contributed by atoms with Crippen molar-refractivity contribution in [2.45, 2.75) is 6.61 Å². The van der Waals surface area contributed by atoms with Crippen molar-refractivity contribution in [3.63, 3.8) is 0 Å². The van der Waals surface area contributed by atoms with Gasteiger partial charge in [-0.15, -0.1) is 0 Å². The molecule has 0 unspecified atom stereocenters. The van der Waals surface area contributed by atoms with Gasteiger partial charge in [0, 0.05) is 9.26 Å². The molecule has 2 aromatic rings. The first-order valence-electron chi connectivity index (χ1n) is 5.56. The number of anilines is 1. The predicted octanol–water partition coefficient (Wildman–Crippen LogP) is 3.15. The Bertz CT molecular complexity index is 596. The highest BCUT2D eigenvalue weighted by Crippen LogP contribution is 2.20. The van der Waals surface area contributed by atoms with Crippen LogP contribution in [0.4, 0.5) is 5.69 Å². The van der Waals surface area contributed by atoms with Crippen LogP contribution in [0.25, 0.3) is 0 Å². The average molecular weight is 369 g/mol. The summed E-state index contributed by atoms with van der Waals surface area (Å²) in [6.07, 6.45) is 0. The molecule has 98 valence electrons. The molecule has 0 spiro atoms. The van der Waals surface area contributed by atoms with Crippen LogP contribution >= 0.6 is 22.6 Å². The number of ether oxygens (including phenoxy) is 1. The molecule has 0 aromatic heterocycles. The highest BCUT2D eigenvalue weighted by Gasteiger charge is 2.09. The van der Waals surface area contributed by atoms with Crippen LogP contribution in [0, 0.1) is 3.57 Å². The third kappa shape index (κ3) is 3.60. The number of rotatable bonds is 4. The summed E-state index contributed by atoms with van der Waals surface area (Å²) in [7, 11) is 0. The lowest BCUT2D eigenvalue weighted by molar-refractivity contribution is 0.0697. The number of hydrogen-bond acceptors (Lipinski definition) is 3. The Morgan fingerprint density at radius 1 is 1.21 bits per heavy atom. The van der Waals surface area contributed by atoms with Gasteiger partial charge in [-0.1, -0.05) is 12.1 Å². The Balaban J connectivity index is 2.09. The lowest BCUT2D eigenvalue weighted by Crippen LogP contribution is -2.03. The first kappa shape index (κ1) is 13.7. The number of carbonyl (C=O) groups is 1. The lowest BCUT2D eigenvalue weighted by atomic mass is 10.1. The molecule has 0 aliphatic rings. The zero-order valence-corrected chi connectivity index (χ0v) is 12.1. The summed E-state index contributed by atoms with van der Waals surface area (Å²) in [5.41, 5.74) is 6.89. The van der Waals surface area contributed by atoms with Crippen LogP contribution in [0.15, 0.2) is 42.5 Å². The molecule has 0 fully saturated rings. The van der Waals surface area contributed by atoms with Crippen molar-refractivity contribution < 1.29 is 14.6 Å². The van der Waals surface area contributed by atoms with E-state index in [9.17, 15) is 4.79 Å². The molecule has 2 aromatic carbocycles. The van der Waals surface area contributed by atoms with E-state index in [2.05, 4.69) is 22.6 Å². The summed E-state index contributed by atoms with van der Waals surface area (Å²) in [6, 6.07) is 12.6. The van der Waals surface area contributed by atoms with E-state index in [1.807, 2.05) is 24.3 Å². The molecule has 3 N–H and O–H groups in total. The van der Waals surface area contributed by atoms with Crippen LogP contribution < -0.4 is 10.5 Å². The summed E-state index contributed by atoms with van der Waals surface area (Å²) in [6.45, 7) is 0.389. The normalized spacial score (nSPS) is 10.2. The van der Waals surface area contributed by atoms with E-state index in [4.69, 9.17) is 15.6 Å². The van der Waals surface area contributed by atoms with E-state index >= 15 is 0 Å². The summed E-state index contributed by atoms with van der Waals surface area (Å²) in [5.74, 6) is -0.567. The number of nitrogen functional groups attached to an aromatic ring is 1. The number of hydrogen-bond donors (Lipinski definition) is 2. The molecule has 0 saturated heterocycles. The molecule has 0 bridgehead atoms. The molecule has 0 aliphatic carbocycles. The lowest BCUT2D eigenvalue weighted by Gasteiger charge is -2.08. The molecule has 4 nitrogen and oxygen atoms in total. The van der Waals surface area contributed by atoms with Crippen molar-refractivity contribution in [1.29, 1.82) is 0 Å². The van der Waals surface area contributed by atoms with Crippen molar-refractivity contribution in [3.05, 3.63) is 57.2 Å². The molecular weight excluding hydrogens is 357 g/mol. The monoisotopic (exact) mass is 369 g/mol. The van der Waals surface area contributed by atoms with Gasteiger partial charge in [-0.05, 0) is 58.5 Å². The van der Waals surface area contributed by atoms with Crippen LogP contribution in [0.5, 0.6) is 5.75 Å². The van der Waals surface area contributed by atoms with Crippen molar-refractivity contribution in [1.82, 2.24) is 0 Å². The molecule has 0 heterocycles. The van der Waals surface area contributed by atoms with Gasteiger partial charge >= 0.3 is 5.97 Å². The summed E-state index contributed by atoms with van der Waals surface area (Å²) < 4.78 is 6.71. The Morgan fingerprint density at radius 3 is 2.53 bits per heavy atom. The van der Waals surface area contributed by atoms with Gasteiger partial charge in [-0.2, -0.15) is 0 Å². The first-order chi connectivity index (χ1) is 9.06. The fourth-order valence-electron chi connectivity index (χ4n) is 1.56. The predicted molar refractivity (Wildman–Crippen MR) is 81.3 cm³/mol. The highest BCUT2D eigenvalue weighted by atomic mass is 127. The van der Waals surface area contributed by atoms with Gasteiger partial charge in [-0.25, -0.2) is 4.79 Å². The molecule has 19 heavy (non-hydrogen) atoms. The van der Waals surface area contributed by atoms with Crippen molar-refractivity contribution in [2.75, 3.05) is 5.73 Å². The molecule has 0 saturated carbocycles. The second kappa shape index (κ2) is 5.92. The van der Waals surface area contributed by atoms with E-state index in [0.29, 0.717) is 12.4 Å². The van der Waals surface area contributed by atoms with E-state index in [-0.39, 0.29) is 11.3 Å². The second-order valence-electron chi connectivity index (χ2n) is 3.97. The molecule has 5 heteroatoms. The molecule has 2 rings (SSSR count). The van der Waals surface area contributed by atoms with E-state index in [1.54, 1.807) is 6.07 Å². The van der Waals surface area contributed by atoms with Gasteiger partial charge in [0.1, 0.15) is 12.4 Å². The van der Waals surface area contributed by atoms with Gasteiger partial charge in [0.25, 0.3) is 0 Å². The third-order valence-electron chi connectivity index (χ3n) is 2.57. The minimum Gasteiger partial charge on any atom is -0.489 e. The minimum absolute atomic E-state index is 0.0557. The van der Waals surface area contributed by atoms with Gasteiger partial charge in [-0.3, -0.25) is 0 Å². The number of aromatic carboxylic acids is 1. The Morgan fingerprint density at radius 2 is 1.89 bits per heavy atom. The van der Waals surface area contributed by atoms with Gasteiger partial charge in [0.05, 0.1) is 5.56 Å². The number of carboxylic acid groups (broad SMARTS) is 1. The standard InChI is InChI=1S/C14H12INO3/c15-10-3-1-9(2-4-10)8-19-11-5-6-13(16)12(7-11)14(17)18/h1-7H,8,16H2,(H,17,18). The maximum absolute atomic E-state index is 10.9. The van der Waals surface area contributed by atoms with Crippen LogP contribution in [0.1, 0.15) is 15.9 Å². The van der Waals surface area contributed by atoms with Crippen LogP contribution in [-0.4, -0.2) is 11.1 Å². The summed E-state index contributed by atoms with van der Waals surface area (Å²) >= 11 is 2.23. The Hall–Kier alpha value is -1.76. The Kier molecular flexibility index (Phi) is 4.26. The van der Waals surface area contributed by atoms with Crippen LogP contribution in [-0.2, 0) is 6.61 Å². The zero-order valence-electron chi connectivity index (χ0n) is 9.97. The number of benzene rings is 2.